The fourth-order valence-corrected chi connectivity index (χ4v) is 5.38. The number of aromatic amines is 2. The van der Waals surface area contributed by atoms with Gasteiger partial charge < -0.3 is 10.3 Å². The van der Waals surface area contributed by atoms with Gasteiger partial charge in [-0.15, -0.1) is 11.3 Å². The number of nitrogens with zero attached hydrogens (tertiary/aromatic N) is 3. The van der Waals surface area contributed by atoms with Crippen LogP contribution in [0.4, 0.5) is 5.69 Å². The molecule has 6 nitrogen and oxygen atoms in total. The second kappa shape index (κ2) is 9.09. The monoisotopic (exact) mass is 490 g/mol. The number of H-pyrrole nitrogens is 2. The molecule has 5 aromatic heterocycles. The van der Waals surface area contributed by atoms with Crippen molar-refractivity contribution in [2.24, 2.45) is 5.92 Å². The van der Waals surface area contributed by atoms with Gasteiger partial charge in [0.05, 0.1) is 23.3 Å². The fraction of sp³-hybridized carbons (Fsp3) is 0.138. The van der Waals surface area contributed by atoms with Crippen LogP contribution in [-0.4, -0.2) is 25.1 Å². The lowest BCUT2D eigenvalue weighted by molar-refractivity contribution is 0.645. The summed E-state index contributed by atoms with van der Waals surface area (Å²) in [5.41, 5.74) is 8.75. The van der Waals surface area contributed by atoms with Crippen molar-refractivity contribution in [2.75, 3.05) is 5.32 Å². The van der Waals surface area contributed by atoms with Gasteiger partial charge in [0, 0.05) is 55.9 Å². The summed E-state index contributed by atoms with van der Waals surface area (Å²) in [6.07, 6.45) is 6.43. The zero-order chi connectivity index (χ0) is 24.6. The molecule has 0 amide bonds. The molecule has 0 aliphatic heterocycles. The maximum atomic E-state index is 4.63. The smallest absolute Gasteiger partial charge is 0.181 e. The SMILES string of the molecule is C=C(CC(C)C)Nc1cncc(-c2cnc3n[nH]c(-c4cc5c(-c6cccs6)cccc5[nH]4)c3c2)c1. The molecule has 0 aliphatic carbocycles. The number of nitrogens with one attached hydrogen (secondary N) is 3. The first-order valence-electron chi connectivity index (χ1n) is 12.0. The zero-order valence-electron chi connectivity index (χ0n) is 20.2. The van der Waals surface area contributed by atoms with Gasteiger partial charge in [0.1, 0.15) is 0 Å². The Balaban J connectivity index is 1.38. The molecule has 6 aromatic rings. The third kappa shape index (κ3) is 4.18. The van der Waals surface area contributed by atoms with Crippen LogP contribution in [0.25, 0.3) is 54.9 Å². The molecule has 5 heterocycles. The van der Waals surface area contributed by atoms with Crippen LogP contribution in [0.2, 0.25) is 0 Å². The Morgan fingerprint density at radius 1 is 1.03 bits per heavy atom. The normalized spacial score (nSPS) is 11.5. The maximum absolute atomic E-state index is 4.63. The van der Waals surface area contributed by atoms with Crippen molar-refractivity contribution in [3.63, 3.8) is 0 Å². The standard InChI is InChI=1S/C29H26N6S/c1-17(2)10-18(3)32-21-11-19(14-30-16-21)20-12-24-28(34-35-29(24)31-15-20)26-13-23-22(27-8-5-9-36-27)6-4-7-25(23)33-26/h4-9,11-17,32-33H,3,10H2,1-2H3,(H,31,34,35). The highest BCUT2D eigenvalue weighted by Gasteiger charge is 2.15. The molecule has 7 heteroatoms. The van der Waals surface area contributed by atoms with E-state index in [1.807, 2.05) is 18.6 Å². The third-order valence-corrected chi connectivity index (χ3v) is 7.08. The van der Waals surface area contributed by atoms with Crippen LogP contribution >= 0.6 is 11.3 Å². The largest absolute Gasteiger partial charge is 0.358 e. The van der Waals surface area contributed by atoms with Crippen molar-refractivity contribution >= 4 is 39.0 Å². The highest BCUT2D eigenvalue weighted by Crippen LogP contribution is 2.36. The van der Waals surface area contributed by atoms with Crippen molar-refractivity contribution < 1.29 is 0 Å². The molecule has 0 saturated carbocycles. The van der Waals surface area contributed by atoms with Crippen LogP contribution in [0.5, 0.6) is 0 Å². The minimum atomic E-state index is 0.540. The summed E-state index contributed by atoms with van der Waals surface area (Å²) in [7, 11) is 0. The number of hydrogen-bond acceptors (Lipinski definition) is 5. The molecule has 1 aromatic carbocycles. The minimum Gasteiger partial charge on any atom is -0.358 e. The number of aromatic nitrogens is 5. The van der Waals surface area contributed by atoms with Gasteiger partial charge in [0.15, 0.2) is 5.65 Å². The van der Waals surface area contributed by atoms with E-state index in [0.29, 0.717) is 11.6 Å². The minimum absolute atomic E-state index is 0.540. The summed E-state index contributed by atoms with van der Waals surface area (Å²) in [6, 6.07) is 17.0. The number of rotatable bonds is 7. The van der Waals surface area contributed by atoms with Crippen LogP contribution in [0.15, 0.2) is 84.8 Å². The second-order valence-corrected chi connectivity index (χ2v) is 10.4. The van der Waals surface area contributed by atoms with E-state index in [9.17, 15) is 0 Å². The van der Waals surface area contributed by atoms with Crippen LogP contribution in [0, 0.1) is 5.92 Å². The lowest BCUT2D eigenvalue weighted by Gasteiger charge is -2.12. The summed E-state index contributed by atoms with van der Waals surface area (Å²) in [6.45, 7) is 8.51. The van der Waals surface area contributed by atoms with Gasteiger partial charge in [-0.3, -0.25) is 10.1 Å². The Morgan fingerprint density at radius 2 is 1.92 bits per heavy atom. The van der Waals surface area contributed by atoms with Crippen LogP contribution in [0.3, 0.4) is 0 Å². The first-order chi connectivity index (χ1) is 17.5. The first-order valence-corrected chi connectivity index (χ1v) is 12.8. The number of hydrogen-bond donors (Lipinski definition) is 3. The number of fused-ring (bicyclic) bond motifs is 2. The summed E-state index contributed by atoms with van der Waals surface area (Å²) in [5, 5.41) is 15.3. The molecule has 0 bridgehead atoms. The van der Waals surface area contributed by atoms with Crippen LogP contribution in [-0.2, 0) is 0 Å². The van der Waals surface area contributed by atoms with E-state index in [2.05, 4.69) is 105 Å². The van der Waals surface area contributed by atoms with Gasteiger partial charge >= 0.3 is 0 Å². The van der Waals surface area contributed by atoms with Gasteiger partial charge in [0.2, 0.25) is 0 Å². The van der Waals surface area contributed by atoms with Crippen LogP contribution < -0.4 is 5.32 Å². The predicted molar refractivity (Wildman–Crippen MR) is 150 cm³/mol. The van der Waals surface area contributed by atoms with E-state index in [1.54, 1.807) is 11.3 Å². The van der Waals surface area contributed by atoms with Crippen molar-refractivity contribution in [2.45, 2.75) is 20.3 Å². The van der Waals surface area contributed by atoms with E-state index in [0.717, 1.165) is 51.2 Å². The molecule has 3 N–H and O–H groups in total. The lowest BCUT2D eigenvalue weighted by atomic mass is 10.1. The molecule has 0 atom stereocenters. The Bertz CT molecular complexity index is 1690. The molecule has 0 spiro atoms. The number of allylic oxidation sites excluding steroid dienone is 1. The molecule has 0 aliphatic rings. The van der Waals surface area contributed by atoms with Gasteiger partial charge in [-0.2, -0.15) is 5.10 Å². The molecule has 0 saturated heterocycles. The summed E-state index contributed by atoms with van der Waals surface area (Å²) in [4.78, 5) is 13.9. The number of pyridine rings is 2. The van der Waals surface area contributed by atoms with Gasteiger partial charge in [0.25, 0.3) is 0 Å². The maximum Gasteiger partial charge on any atom is 0.181 e. The lowest BCUT2D eigenvalue weighted by Crippen LogP contribution is -2.02. The van der Waals surface area contributed by atoms with E-state index in [4.69, 9.17) is 0 Å². The summed E-state index contributed by atoms with van der Waals surface area (Å²) < 4.78 is 0. The Morgan fingerprint density at radius 3 is 2.75 bits per heavy atom. The quantitative estimate of drug-likeness (QED) is 0.213. The van der Waals surface area contributed by atoms with Crippen molar-refractivity contribution in [3.05, 3.63) is 84.8 Å². The average molecular weight is 491 g/mol. The van der Waals surface area contributed by atoms with E-state index >= 15 is 0 Å². The molecule has 0 radical (unpaired) electrons. The van der Waals surface area contributed by atoms with Gasteiger partial charge in [-0.25, -0.2) is 4.98 Å². The molecule has 178 valence electrons. The molecule has 36 heavy (non-hydrogen) atoms. The van der Waals surface area contributed by atoms with Gasteiger partial charge in [-0.05, 0) is 48.1 Å². The Labute approximate surface area is 213 Å². The van der Waals surface area contributed by atoms with E-state index in [1.165, 1.54) is 15.8 Å². The second-order valence-electron chi connectivity index (χ2n) is 9.41. The van der Waals surface area contributed by atoms with Crippen molar-refractivity contribution in [1.29, 1.82) is 0 Å². The fourth-order valence-electron chi connectivity index (χ4n) is 4.61. The van der Waals surface area contributed by atoms with E-state index < -0.39 is 0 Å². The average Bonchev–Trinajstić information content (AvgIpc) is 3.62. The van der Waals surface area contributed by atoms with E-state index in [-0.39, 0.29) is 0 Å². The highest BCUT2D eigenvalue weighted by atomic mass is 32.1. The predicted octanol–water partition coefficient (Wildman–Crippen LogP) is 7.87. The zero-order valence-corrected chi connectivity index (χ0v) is 21.0. The molecule has 0 unspecified atom stereocenters. The third-order valence-electron chi connectivity index (χ3n) is 6.18. The van der Waals surface area contributed by atoms with Crippen LogP contribution in [0.1, 0.15) is 20.3 Å². The van der Waals surface area contributed by atoms with Gasteiger partial charge in [-0.1, -0.05) is 38.6 Å². The van der Waals surface area contributed by atoms with Crippen molar-refractivity contribution in [3.8, 4) is 33.0 Å². The summed E-state index contributed by atoms with van der Waals surface area (Å²) in [5.74, 6) is 0.540. The number of thiophene rings is 1. The summed E-state index contributed by atoms with van der Waals surface area (Å²) >= 11 is 1.75. The Kier molecular flexibility index (Phi) is 5.62. The number of benzene rings is 1. The topological polar surface area (TPSA) is 82.3 Å². The number of anilines is 1. The molecular formula is C29H26N6S. The molecule has 0 fully saturated rings. The molecule has 6 rings (SSSR count). The van der Waals surface area contributed by atoms with Crippen molar-refractivity contribution in [1.82, 2.24) is 25.1 Å². The first kappa shape index (κ1) is 22.2. The molecular weight excluding hydrogens is 464 g/mol. The Hall–Kier alpha value is -4.23. The highest BCUT2D eigenvalue weighted by molar-refractivity contribution is 7.13.